The average Bonchev–Trinajstić information content (AvgIpc) is 3.33. The van der Waals surface area contributed by atoms with Gasteiger partial charge in [0.1, 0.15) is 11.5 Å². The van der Waals surface area contributed by atoms with Crippen LogP contribution in [0.2, 0.25) is 0 Å². The van der Waals surface area contributed by atoms with Gasteiger partial charge in [-0.3, -0.25) is 9.89 Å². The Morgan fingerprint density at radius 2 is 2.12 bits per heavy atom. The monoisotopic (exact) mass is 376 g/mol. The van der Waals surface area contributed by atoms with Crippen molar-refractivity contribution in [2.24, 2.45) is 4.99 Å². The molecule has 1 unspecified atom stereocenters. The number of ether oxygens (including phenoxy) is 1. The molecular formula is C19H28N4O2S. The van der Waals surface area contributed by atoms with Crippen LogP contribution in [0.1, 0.15) is 22.4 Å². The largest absolute Gasteiger partial charge is 0.465 e. The number of furan rings is 1. The van der Waals surface area contributed by atoms with E-state index in [1.165, 1.54) is 4.88 Å². The van der Waals surface area contributed by atoms with Crippen LogP contribution in [0.5, 0.6) is 0 Å². The number of aliphatic imine (C=N–C) groups is 1. The minimum absolute atomic E-state index is 0.170. The highest BCUT2D eigenvalue weighted by Gasteiger charge is 2.25. The third-order valence-electron chi connectivity index (χ3n) is 4.51. The summed E-state index contributed by atoms with van der Waals surface area (Å²) in [5, 5.41) is 8.96. The van der Waals surface area contributed by atoms with Gasteiger partial charge in [0.05, 0.1) is 19.3 Å². The molecule has 1 saturated heterocycles. The number of rotatable bonds is 7. The third kappa shape index (κ3) is 5.33. The molecule has 1 aliphatic rings. The molecule has 0 spiro atoms. The predicted molar refractivity (Wildman–Crippen MR) is 106 cm³/mol. The van der Waals surface area contributed by atoms with E-state index in [1.807, 2.05) is 13.0 Å². The topological polar surface area (TPSA) is 62.0 Å². The number of morpholine rings is 1. The number of aryl methyl sites for hydroxylation is 1. The van der Waals surface area contributed by atoms with Crippen molar-refractivity contribution in [1.82, 2.24) is 15.5 Å². The van der Waals surface area contributed by atoms with Gasteiger partial charge in [0.15, 0.2) is 5.96 Å². The van der Waals surface area contributed by atoms with E-state index in [0.717, 1.165) is 63.3 Å². The first-order valence-corrected chi connectivity index (χ1v) is 9.99. The van der Waals surface area contributed by atoms with Gasteiger partial charge in [-0.05, 0) is 36.9 Å². The van der Waals surface area contributed by atoms with Gasteiger partial charge in [0, 0.05) is 38.1 Å². The standard InChI is InChI=1S/C19H28N4O2S/c1-15-5-6-18(25-15)17(23-9-11-24-12-10-23)14-22-19(20-2)21-8-7-16-4-3-13-26-16/h3-6,13,17H,7-12,14H2,1-2H3,(H2,20,21,22). The minimum Gasteiger partial charge on any atom is -0.465 e. The maximum Gasteiger partial charge on any atom is 0.191 e. The second-order valence-corrected chi connectivity index (χ2v) is 7.35. The van der Waals surface area contributed by atoms with Crippen LogP contribution in [0.25, 0.3) is 0 Å². The minimum atomic E-state index is 0.170. The van der Waals surface area contributed by atoms with Crippen LogP contribution in [0.3, 0.4) is 0 Å². The molecule has 6 nitrogen and oxygen atoms in total. The molecule has 3 rings (SSSR count). The molecule has 3 heterocycles. The molecule has 0 radical (unpaired) electrons. The SMILES string of the molecule is CN=C(NCCc1cccs1)NCC(c1ccc(C)o1)N1CCOCC1. The normalized spacial score (nSPS) is 17.2. The van der Waals surface area contributed by atoms with Gasteiger partial charge in [0.2, 0.25) is 0 Å². The molecule has 0 saturated carbocycles. The van der Waals surface area contributed by atoms with Crippen LogP contribution in [-0.4, -0.2) is 57.3 Å². The Hall–Kier alpha value is -1.83. The molecule has 1 aliphatic heterocycles. The summed E-state index contributed by atoms with van der Waals surface area (Å²) in [5.41, 5.74) is 0. The highest BCUT2D eigenvalue weighted by Crippen LogP contribution is 2.23. The van der Waals surface area contributed by atoms with Gasteiger partial charge in [-0.15, -0.1) is 11.3 Å². The van der Waals surface area contributed by atoms with E-state index in [0.29, 0.717) is 0 Å². The smallest absolute Gasteiger partial charge is 0.191 e. The fraction of sp³-hybridized carbons (Fsp3) is 0.526. The molecule has 142 valence electrons. The Labute approximate surface area is 159 Å². The maximum atomic E-state index is 5.91. The van der Waals surface area contributed by atoms with E-state index >= 15 is 0 Å². The van der Waals surface area contributed by atoms with Crippen molar-refractivity contribution in [3.8, 4) is 0 Å². The predicted octanol–water partition coefficient (Wildman–Crippen LogP) is 2.43. The Morgan fingerprint density at radius 3 is 2.77 bits per heavy atom. The summed E-state index contributed by atoms with van der Waals surface area (Å²) in [6.45, 7) is 6.95. The molecule has 1 atom stereocenters. The maximum absolute atomic E-state index is 5.91. The fourth-order valence-electron chi connectivity index (χ4n) is 3.10. The molecule has 7 heteroatoms. The molecule has 2 N–H and O–H groups in total. The lowest BCUT2D eigenvalue weighted by molar-refractivity contribution is 0.0124. The summed E-state index contributed by atoms with van der Waals surface area (Å²) in [4.78, 5) is 8.14. The molecule has 26 heavy (non-hydrogen) atoms. The summed E-state index contributed by atoms with van der Waals surface area (Å²) < 4.78 is 11.4. The van der Waals surface area contributed by atoms with Crippen LogP contribution < -0.4 is 10.6 Å². The number of nitrogens with one attached hydrogen (secondary N) is 2. The quantitative estimate of drug-likeness (QED) is 0.574. The van der Waals surface area contributed by atoms with Crippen LogP contribution >= 0.6 is 11.3 Å². The summed E-state index contributed by atoms with van der Waals surface area (Å²) >= 11 is 1.79. The summed E-state index contributed by atoms with van der Waals surface area (Å²) in [6, 6.07) is 8.52. The molecule has 0 bridgehead atoms. The van der Waals surface area contributed by atoms with Gasteiger partial charge >= 0.3 is 0 Å². The first-order valence-electron chi connectivity index (χ1n) is 9.11. The van der Waals surface area contributed by atoms with Crippen molar-refractivity contribution in [2.45, 2.75) is 19.4 Å². The summed E-state index contributed by atoms with van der Waals surface area (Å²) in [5.74, 6) is 2.76. The molecule has 0 aliphatic carbocycles. The number of hydrogen-bond donors (Lipinski definition) is 2. The van der Waals surface area contributed by atoms with Crippen molar-refractivity contribution in [1.29, 1.82) is 0 Å². The van der Waals surface area contributed by atoms with E-state index in [2.05, 4.69) is 44.1 Å². The van der Waals surface area contributed by atoms with Gasteiger partial charge in [-0.1, -0.05) is 6.07 Å². The zero-order valence-corrected chi connectivity index (χ0v) is 16.3. The zero-order chi connectivity index (χ0) is 18.2. The van der Waals surface area contributed by atoms with Crippen molar-refractivity contribution in [3.05, 3.63) is 46.0 Å². The van der Waals surface area contributed by atoms with Gasteiger partial charge in [0.25, 0.3) is 0 Å². The molecule has 2 aromatic heterocycles. The van der Waals surface area contributed by atoms with Crippen molar-refractivity contribution in [2.75, 3.05) is 46.4 Å². The Bertz CT molecular complexity index is 678. The Balaban J connectivity index is 1.55. The Kier molecular flexibility index (Phi) is 7.11. The van der Waals surface area contributed by atoms with E-state index in [-0.39, 0.29) is 6.04 Å². The molecule has 1 fully saturated rings. The third-order valence-corrected chi connectivity index (χ3v) is 5.44. The van der Waals surface area contributed by atoms with E-state index < -0.39 is 0 Å². The van der Waals surface area contributed by atoms with Crippen LogP contribution in [0.4, 0.5) is 0 Å². The van der Waals surface area contributed by atoms with E-state index in [4.69, 9.17) is 9.15 Å². The van der Waals surface area contributed by atoms with Crippen LogP contribution in [0.15, 0.2) is 39.1 Å². The number of thiophene rings is 1. The van der Waals surface area contributed by atoms with Crippen molar-refractivity contribution in [3.63, 3.8) is 0 Å². The highest BCUT2D eigenvalue weighted by atomic mass is 32.1. The zero-order valence-electron chi connectivity index (χ0n) is 15.5. The van der Waals surface area contributed by atoms with E-state index in [9.17, 15) is 0 Å². The Morgan fingerprint density at radius 1 is 1.27 bits per heavy atom. The lowest BCUT2D eigenvalue weighted by Gasteiger charge is -2.33. The second kappa shape index (κ2) is 9.75. The molecule has 2 aromatic rings. The van der Waals surface area contributed by atoms with Gasteiger partial charge < -0.3 is 19.8 Å². The van der Waals surface area contributed by atoms with E-state index in [1.54, 1.807) is 18.4 Å². The second-order valence-electron chi connectivity index (χ2n) is 6.32. The molecule has 0 aromatic carbocycles. The lowest BCUT2D eigenvalue weighted by atomic mass is 10.1. The first kappa shape index (κ1) is 18.9. The number of guanidine groups is 1. The molecular weight excluding hydrogens is 348 g/mol. The first-order chi connectivity index (χ1) is 12.8. The average molecular weight is 377 g/mol. The van der Waals surface area contributed by atoms with Crippen molar-refractivity contribution < 1.29 is 9.15 Å². The van der Waals surface area contributed by atoms with Gasteiger partial charge in [-0.2, -0.15) is 0 Å². The van der Waals surface area contributed by atoms with Gasteiger partial charge in [-0.25, -0.2) is 0 Å². The lowest BCUT2D eigenvalue weighted by Crippen LogP contribution is -2.46. The van der Waals surface area contributed by atoms with Crippen LogP contribution in [0, 0.1) is 6.92 Å². The summed E-state index contributed by atoms with van der Waals surface area (Å²) in [6.07, 6.45) is 1.00. The highest BCUT2D eigenvalue weighted by molar-refractivity contribution is 7.09. The number of nitrogens with zero attached hydrogens (tertiary/aromatic N) is 2. The molecule has 0 amide bonds. The fourth-order valence-corrected chi connectivity index (χ4v) is 3.81. The van der Waals surface area contributed by atoms with Crippen LogP contribution in [-0.2, 0) is 11.2 Å². The number of hydrogen-bond acceptors (Lipinski definition) is 5. The summed E-state index contributed by atoms with van der Waals surface area (Å²) in [7, 11) is 1.81. The van der Waals surface area contributed by atoms with Crippen molar-refractivity contribution >= 4 is 17.3 Å².